The molecule has 2 amide bonds. The van der Waals surface area contributed by atoms with Gasteiger partial charge in [-0.05, 0) is 32.9 Å². The number of hydrogen-bond donors (Lipinski definition) is 1. The third kappa shape index (κ3) is 4.21. The molecule has 0 aromatic heterocycles. The van der Waals surface area contributed by atoms with Gasteiger partial charge in [0, 0.05) is 7.05 Å². The van der Waals surface area contributed by atoms with Crippen LogP contribution in [0.15, 0.2) is 18.2 Å². The molecule has 1 N–H and O–H groups in total. The number of hydrogen-bond acceptors (Lipinski definition) is 7. The van der Waals surface area contributed by atoms with E-state index in [4.69, 9.17) is 9.29 Å². The van der Waals surface area contributed by atoms with Crippen LogP contribution >= 0.6 is 0 Å². The number of carbonyl (C=O) groups is 3. The first-order valence-electron chi connectivity index (χ1n) is 7.25. The Labute approximate surface area is 146 Å². The third-order valence-corrected chi connectivity index (χ3v) is 3.55. The van der Waals surface area contributed by atoms with Crippen LogP contribution in [0.3, 0.4) is 0 Å². The van der Waals surface area contributed by atoms with E-state index >= 15 is 0 Å². The van der Waals surface area contributed by atoms with E-state index in [-0.39, 0.29) is 16.8 Å². The fourth-order valence-corrected chi connectivity index (χ4v) is 2.63. The van der Waals surface area contributed by atoms with E-state index in [9.17, 15) is 18.6 Å². The summed E-state index contributed by atoms with van der Waals surface area (Å²) in [6.07, 6.45) is 0. The van der Waals surface area contributed by atoms with Crippen LogP contribution in [0.25, 0.3) is 0 Å². The molecule has 0 saturated carbocycles. The molecule has 136 valence electrons. The van der Waals surface area contributed by atoms with Gasteiger partial charge in [0.15, 0.2) is 0 Å². The van der Waals surface area contributed by atoms with Crippen molar-refractivity contribution in [1.82, 2.24) is 4.90 Å². The second-order valence-electron chi connectivity index (χ2n) is 6.27. The highest BCUT2D eigenvalue weighted by Crippen LogP contribution is 2.31. The number of anilines is 1. The Hall–Kier alpha value is -2.30. The second kappa shape index (κ2) is 6.90. The van der Waals surface area contributed by atoms with Crippen molar-refractivity contribution in [2.45, 2.75) is 26.4 Å². The first-order valence-corrected chi connectivity index (χ1v) is 8.28. The number of amides is 2. The maximum atomic E-state index is 12.6. The zero-order chi connectivity index (χ0) is 18.9. The lowest BCUT2D eigenvalue weighted by Gasteiger charge is -2.21. The molecule has 0 bridgehead atoms. The van der Waals surface area contributed by atoms with Gasteiger partial charge in [0.25, 0.3) is 11.8 Å². The molecule has 0 radical (unpaired) electrons. The first kappa shape index (κ1) is 19.0. The number of nitrogens with zero attached hydrogens (tertiary/aromatic N) is 2. The molecule has 1 unspecified atom stereocenters. The highest BCUT2D eigenvalue weighted by atomic mass is 32.2. The third-order valence-electron chi connectivity index (χ3n) is 3.20. The van der Waals surface area contributed by atoms with Crippen molar-refractivity contribution in [3.63, 3.8) is 0 Å². The Morgan fingerprint density at radius 3 is 2.48 bits per heavy atom. The molecule has 0 saturated heterocycles. The Kier molecular flexibility index (Phi) is 5.26. The van der Waals surface area contributed by atoms with Crippen molar-refractivity contribution in [3.8, 4) is 0 Å². The largest absolute Gasteiger partial charge is 0.459 e. The Morgan fingerprint density at radius 2 is 1.92 bits per heavy atom. The normalized spacial score (nSPS) is 15.2. The molecule has 25 heavy (non-hydrogen) atoms. The number of benzene rings is 1. The van der Waals surface area contributed by atoms with E-state index in [1.165, 1.54) is 25.2 Å². The zero-order valence-corrected chi connectivity index (χ0v) is 15.0. The predicted octanol–water partition coefficient (Wildman–Crippen LogP) is 1.13. The summed E-state index contributed by atoms with van der Waals surface area (Å²) in [6, 6.07) is 4.38. The Balaban J connectivity index is 2.30. The van der Waals surface area contributed by atoms with Crippen LogP contribution in [0.4, 0.5) is 5.69 Å². The summed E-state index contributed by atoms with van der Waals surface area (Å²) in [5.74, 6) is -2.07. The monoisotopic (exact) mass is 370 g/mol. The molecule has 1 atom stereocenters. The number of imide groups is 1. The second-order valence-corrected chi connectivity index (χ2v) is 6.86. The van der Waals surface area contributed by atoms with E-state index < -0.39 is 41.3 Å². The molecule has 9 nitrogen and oxygen atoms in total. The lowest BCUT2D eigenvalue weighted by molar-refractivity contribution is -0.155. The molecule has 10 heteroatoms. The fraction of sp³-hybridized carbons (Fsp3) is 0.400. The molecular formula is C15H18N2O7S. The summed E-state index contributed by atoms with van der Waals surface area (Å²) in [7, 11) is 1.32. The van der Waals surface area contributed by atoms with Crippen LogP contribution in [-0.2, 0) is 25.2 Å². The lowest BCUT2D eigenvalue weighted by atomic mass is 10.1. The van der Waals surface area contributed by atoms with Gasteiger partial charge >= 0.3 is 17.3 Å². The average Bonchev–Trinajstić information content (AvgIpc) is 2.70. The number of carbonyl (C=O) groups excluding carboxylic acids is 3. The highest BCUT2D eigenvalue weighted by molar-refractivity contribution is 7.74. The molecular weight excluding hydrogens is 352 g/mol. The average molecular weight is 370 g/mol. The molecule has 1 aromatic carbocycles. The summed E-state index contributed by atoms with van der Waals surface area (Å²) < 4.78 is 29.4. The minimum Gasteiger partial charge on any atom is -0.459 e. The standard InChI is InChI=1S/C15H18N2O7S/c1-15(2,3)23-11(18)8-17-13(19)9-6-5-7-10(12(9)14(17)20)16(4)24-25(21)22/h5-7H,8H2,1-4H3,(H,21,22). The van der Waals surface area contributed by atoms with E-state index in [0.29, 0.717) is 0 Å². The number of hydroxylamine groups is 1. The van der Waals surface area contributed by atoms with Crippen molar-refractivity contribution < 1.29 is 32.2 Å². The van der Waals surface area contributed by atoms with Crippen LogP contribution in [0.5, 0.6) is 0 Å². The summed E-state index contributed by atoms with van der Waals surface area (Å²) in [6.45, 7) is 4.49. The van der Waals surface area contributed by atoms with Gasteiger partial charge in [-0.15, -0.1) is 4.28 Å². The fourth-order valence-electron chi connectivity index (χ4n) is 2.36. The van der Waals surface area contributed by atoms with Crippen LogP contribution < -0.4 is 5.06 Å². The summed E-state index contributed by atoms with van der Waals surface area (Å²) in [5, 5.41) is 0.914. The lowest BCUT2D eigenvalue weighted by Crippen LogP contribution is -2.38. The molecule has 0 spiro atoms. The van der Waals surface area contributed by atoms with E-state index in [2.05, 4.69) is 4.28 Å². The van der Waals surface area contributed by atoms with Gasteiger partial charge < -0.3 is 4.74 Å². The highest BCUT2D eigenvalue weighted by Gasteiger charge is 2.40. The predicted molar refractivity (Wildman–Crippen MR) is 87.9 cm³/mol. The van der Waals surface area contributed by atoms with E-state index in [1.54, 1.807) is 20.8 Å². The van der Waals surface area contributed by atoms with Crippen LogP contribution in [0, 0.1) is 0 Å². The van der Waals surface area contributed by atoms with Crippen molar-refractivity contribution in [3.05, 3.63) is 29.3 Å². The SMILES string of the molecule is CN(OS(=O)O)c1cccc2c1C(=O)N(CC(=O)OC(C)(C)C)C2=O. The Morgan fingerprint density at radius 1 is 1.28 bits per heavy atom. The van der Waals surface area contributed by atoms with Gasteiger partial charge in [0.2, 0.25) is 0 Å². The molecule has 2 rings (SSSR count). The topological polar surface area (TPSA) is 113 Å². The van der Waals surface area contributed by atoms with E-state index in [0.717, 1.165) is 9.96 Å². The van der Waals surface area contributed by atoms with Gasteiger partial charge in [-0.1, -0.05) is 6.07 Å². The maximum absolute atomic E-state index is 12.6. The Bertz CT molecular complexity index is 757. The van der Waals surface area contributed by atoms with Gasteiger partial charge in [-0.3, -0.25) is 23.8 Å². The summed E-state index contributed by atoms with van der Waals surface area (Å²) in [5.41, 5.74) is -0.556. The smallest absolute Gasteiger partial charge is 0.326 e. The van der Waals surface area contributed by atoms with Crippen LogP contribution in [0.2, 0.25) is 0 Å². The molecule has 0 aliphatic carbocycles. The van der Waals surface area contributed by atoms with Crippen molar-refractivity contribution in [2.24, 2.45) is 0 Å². The van der Waals surface area contributed by atoms with Crippen molar-refractivity contribution >= 4 is 34.8 Å². The van der Waals surface area contributed by atoms with Crippen LogP contribution in [0.1, 0.15) is 41.5 Å². The minimum absolute atomic E-state index is 0.0102. The number of esters is 1. The molecule has 1 heterocycles. The van der Waals surface area contributed by atoms with Gasteiger partial charge in [0.1, 0.15) is 12.1 Å². The number of fused-ring (bicyclic) bond motifs is 1. The summed E-state index contributed by atoms with van der Waals surface area (Å²) in [4.78, 5) is 37.7. The van der Waals surface area contributed by atoms with Gasteiger partial charge in [0.05, 0.1) is 16.8 Å². The van der Waals surface area contributed by atoms with Crippen molar-refractivity contribution in [2.75, 3.05) is 18.7 Å². The first-order chi connectivity index (χ1) is 11.5. The zero-order valence-electron chi connectivity index (χ0n) is 14.1. The van der Waals surface area contributed by atoms with Crippen LogP contribution in [-0.4, -0.2) is 50.6 Å². The minimum atomic E-state index is -2.60. The molecule has 1 aliphatic rings. The van der Waals surface area contributed by atoms with Crippen molar-refractivity contribution in [1.29, 1.82) is 0 Å². The number of ether oxygens (including phenoxy) is 1. The van der Waals surface area contributed by atoms with Gasteiger partial charge in [-0.25, -0.2) is 5.06 Å². The quantitative estimate of drug-likeness (QED) is 0.355. The number of rotatable bonds is 5. The summed E-state index contributed by atoms with van der Waals surface area (Å²) >= 11 is -2.60. The molecule has 1 aromatic rings. The van der Waals surface area contributed by atoms with E-state index in [1.807, 2.05) is 0 Å². The molecule has 0 fully saturated rings. The van der Waals surface area contributed by atoms with Gasteiger partial charge in [-0.2, -0.15) is 4.21 Å². The maximum Gasteiger partial charge on any atom is 0.326 e. The molecule has 1 aliphatic heterocycles.